The fraction of sp³-hybridized carbons (Fsp3) is 0.417. The molecule has 0 aromatic heterocycles. The molecule has 0 saturated carbocycles. The first-order valence-corrected chi connectivity index (χ1v) is 7.16. The zero-order chi connectivity index (χ0) is 14.0. The van der Waals surface area contributed by atoms with Gasteiger partial charge in [-0.2, -0.15) is 9.57 Å². The van der Waals surface area contributed by atoms with E-state index in [-0.39, 0.29) is 19.8 Å². The van der Waals surface area contributed by atoms with Crippen LogP contribution in [0, 0.1) is 24.1 Å². The number of morpholine rings is 1. The molecule has 1 aliphatic heterocycles. The number of hydrogen-bond acceptors (Lipinski definition) is 4. The van der Waals surface area contributed by atoms with Crippen molar-refractivity contribution in [2.75, 3.05) is 19.8 Å². The summed E-state index contributed by atoms with van der Waals surface area (Å²) in [5, 5.41) is 8.96. The monoisotopic (exact) mass is 284 g/mol. The molecule has 1 fully saturated rings. The maximum Gasteiger partial charge on any atom is 0.247 e. The molecule has 2 rings (SSSR count). The number of sulfonamides is 1. The van der Waals surface area contributed by atoms with Crippen molar-refractivity contribution in [3.05, 3.63) is 29.6 Å². The molecule has 0 unspecified atom stereocenters. The Morgan fingerprint density at radius 3 is 2.89 bits per heavy atom. The second kappa shape index (κ2) is 5.25. The molecule has 0 bridgehead atoms. The highest BCUT2D eigenvalue weighted by molar-refractivity contribution is 7.89. The van der Waals surface area contributed by atoms with Gasteiger partial charge in [0.1, 0.15) is 16.8 Å². The van der Waals surface area contributed by atoms with Crippen LogP contribution in [0.15, 0.2) is 23.1 Å². The molecule has 1 aromatic carbocycles. The van der Waals surface area contributed by atoms with Gasteiger partial charge in [-0.3, -0.25) is 0 Å². The predicted octanol–water partition coefficient (Wildman–Crippen LogP) is 1.05. The van der Waals surface area contributed by atoms with Crippen LogP contribution in [0.4, 0.5) is 4.39 Å². The average molecular weight is 284 g/mol. The van der Waals surface area contributed by atoms with E-state index in [0.29, 0.717) is 5.56 Å². The van der Waals surface area contributed by atoms with Gasteiger partial charge in [-0.05, 0) is 24.6 Å². The average Bonchev–Trinajstić information content (AvgIpc) is 2.38. The molecule has 1 heterocycles. The second-order valence-corrected chi connectivity index (χ2v) is 6.13. The Morgan fingerprint density at radius 2 is 2.26 bits per heavy atom. The highest BCUT2D eigenvalue weighted by Crippen LogP contribution is 2.23. The van der Waals surface area contributed by atoms with Crippen LogP contribution < -0.4 is 0 Å². The molecule has 0 spiro atoms. The summed E-state index contributed by atoms with van der Waals surface area (Å²) in [5.74, 6) is -0.803. The highest BCUT2D eigenvalue weighted by atomic mass is 32.2. The van der Waals surface area contributed by atoms with Crippen molar-refractivity contribution in [1.29, 1.82) is 5.26 Å². The third-order valence-electron chi connectivity index (χ3n) is 2.90. The van der Waals surface area contributed by atoms with Gasteiger partial charge in [0.15, 0.2) is 0 Å². The van der Waals surface area contributed by atoms with Crippen LogP contribution >= 0.6 is 0 Å². The summed E-state index contributed by atoms with van der Waals surface area (Å²) >= 11 is 0. The second-order valence-electron chi connectivity index (χ2n) is 4.27. The van der Waals surface area contributed by atoms with Gasteiger partial charge in [0.25, 0.3) is 0 Å². The molecule has 102 valence electrons. The van der Waals surface area contributed by atoms with Gasteiger partial charge in [-0.15, -0.1) is 0 Å². The summed E-state index contributed by atoms with van der Waals surface area (Å²) in [5.41, 5.74) is 0.635. The number of ether oxygens (including phenoxy) is 1. The summed E-state index contributed by atoms with van der Waals surface area (Å²) < 4.78 is 44.6. The number of halogens is 1. The lowest BCUT2D eigenvalue weighted by Gasteiger charge is -2.30. The van der Waals surface area contributed by atoms with Crippen molar-refractivity contribution >= 4 is 10.0 Å². The minimum atomic E-state index is -4.01. The van der Waals surface area contributed by atoms with Crippen LogP contribution in [0.3, 0.4) is 0 Å². The van der Waals surface area contributed by atoms with Crippen molar-refractivity contribution in [2.45, 2.75) is 17.9 Å². The Labute approximate surface area is 111 Å². The predicted molar refractivity (Wildman–Crippen MR) is 65.2 cm³/mol. The summed E-state index contributed by atoms with van der Waals surface area (Å²) in [7, 11) is -4.01. The normalized spacial score (nSPS) is 21.0. The SMILES string of the molecule is Cc1ccc(S(=O)(=O)N2CCOC[C@@H]2C#N)c(F)c1. The fourth-order valence-corrected chi connectivity index (χ4v) is 3.48. The van der Waals surface area contributed by atoms with Crippen LogP contribution in [0.25, 0.3) is 0 Å². The molecule has 0 radical (unpaired) electrons. The maximum absolute atomic E-state index is 13.8. The zero-order valence-corrected chi connectivity index (χ0v) is 11.2. The number of nitrogens with zero attached hydrogens (tertiary/aromatic N) is 2. The Balaban J connectivity index is 2.44. The van der Waals surface area contributed by atoms with Crippen molar-refractivity contribution in [2.24, 2.45) is 0 Å². The van der Waals surface area contributed by atoms with Crippen LogP contribution in [-0.2, 0) is 14.8 Å². The standard InChI is InChI=1S/C12H13FN2O3S/c1-9-2-3-12(11(13)6-9)19(16,17)15-4-5-18-8-10(15)7-14/h2-3,6,10H,4-5,8H2,1H3/t10-/m0/s1. The number of nitriles is 1. The summed E-state index contributed by atoms with van der Waals surface area (Å²) in [6.45, 7) is 1.92. The number of rotatable bonds is 2. The Bertz CT molecular complexity index is 624. The van der Waals surface area contributed by atoms with Crippen molar-refractivity contribution in [3.63, 3.8) is 0 Å². The summed E-state index contributed by atoms with van der Waals surface area (Å²) in [6.07, 6.45) is 0. The van der Waals surface area contributed by atoms with Crippen molar-refractivity contribution in [3.8, 4) is 6.07 Å². The molecule has 1 aromatic rings. The first-order valence-electron chi connectivity index (χ1n) is 5.72. The van der Waals surface area contributed by atoms with Gasteiger partial charge < -0.3 is 4.74 Å². The van der Waals surface area contributed by atoms with Gasteiger partial charge in [0.2, 0.25) is 10.0 Å². The summed E-state index contributed by atoms with van der Waals surface area (Å²) in [4.78, 5) is -0.403. The fourth-order valence-electron chi connectivity index (χ4n) is 1.92. The van der Waals surface area contributed by atoms with Crippen LogP contribution in [0.5, 0.6) is 0 Å². The molecule has 5 nitrogen and oxygen atoms in total. The van der Waals surface area contributed by atoms with E-state index in [1.54, 1.807) is 6.92 Å². The minimum absolute atomic E-state index is 0.00318. The molecular formula is C12H13FN2O3S. The first-order chi connectivity index (χ1) is 8.96. The van der Waals surface area contributed by atoms with E-state index in [1.807, 2.05) is 6.07 Å². The van der Waals surface area contributed by atoms with E-state index in [4.69, 9.17) is 10.00 Å². The van der Waals surface area contributed by atoms with Crippen molar-refractivity contribution in [1.82, 2.24) is 4.31 Å². The molecule has 1 atom stereocenters. The Kier molecular flexibility index (Phi) is 3.85. The van der Waals surface area contributed by atoms with Crippen LogP contribution in [-0.4, -0.2) is 38.5 Å². The maximum atomic E-state index is 13.8. The van der Waals surface area contributed by atoms with Crippen LogP contribution in [0.1, 0.15) is 5.56 Å². The van der Waals surface area contributed by atoms with Gasteiger partial charge >= 0.3 is 0 Å². The lowest BCUT2D eigenvalue weighted by Crippen LogP contribution is -2.48. The zero-order valence-electron chi connectivity index (χ0n) is 10.3. The van der Waals surface area contributed by atoms with E-state index < -0.39 is 26.8 Å². The number of hydrogen-bond donors (Lipinski definition) is 0. The van der Waals surface area contributed by atoms with Gasteiger partial charge in [0.05, 0.1) is 19.3 Å². The molecule has 0 N–H and O–H groups in total. The molecule has 1 saturated heterocycles. The Hall–Kier alpha value is -1.49. The van der Waals surface area contributed by atoms with Crippen LogP contribution in [0.2, 0.25) is 0 Å². The van der Waals surface area contributed by atoms with E-state index in [2.05, 4.69) is 0 Å². The number of benzene rings is 1. The minimum Gasteiger partial charge on any atom is -0.377 e. The third-order valence-corrected chi connectivity index (χ3v) is 4.84. The molecule has 0 aliphatic carbocycles. The summed E-state index contributed by atoms with van der Waals surface area (Å²) in [6, 6.07) is 4.86. The number of aryl methyl sites for hydroxylation is 1. The topological polar surface area (TPSA) is 70.4 Å². The molecule has 19 heavy (non-hydrogen) atoms. The van der Waals surface area contributed by atoms with Crippen molar-refractivity contribution < 1.29 is 17.5 Å². The molecule has 0 amide bonds. The van der Waals surface area contributed by atoms with Gasteiger partial charge in [-0.1, -0.05) is 6.07 Å². The van der Waals surface area contributed by atoms with E-state index >= 15 is 0 Å². The van der Waals surface area contributed by atoms with Gasteiger partial charge in [-0.25, -0.2) is 12.8 Å². The highest BCUT2D eigenvalue weighted by Gasteiger charge is 2.35. The smallest absolute Gasteiger partial charge is 0.247 e. The lowest BCUT2D eigenvalue weighted by molar-refractivity contribution is 0.0510. The quantitative estimate of drug-likeness (QED) is 0.814. The Morgan fingerprint density at radius 1 is 1.53 bits per heavy atom. The first kappa shape index (κ1) is 13.9. The van der Waals surface area contributed by atoms with E-state index in [0.717, 1.165) is 10.4 Å². The van der Waals surface area contributed by atoms with E-state index in [1.165, 1.54) is 12.1 Å². The lowest BCUT2D eigenvalue weighted by atomic mass is 10.2. The molecular weight excluding hydrogens is 271 g/mol. The third kappa shape index (κ3) is 2.61. The largest absolute Gasteiger partial charge is 0.377 e. The van der Waals surface area contributed by atoms with Gasteiger partial charge in [0, 0.05) is 6.54 Å². The molecule has 7 heteroatoms. The molecule has 1 aliphatic rings. The van der Waals surface area contributed by atoms with E-state index in [9.17, 15) is 12.8 Å².